The Labute approximate surface area is 179 Å². The maximum atomic E-state index is 12.8. The van der Waals surface area contributed by atoms with Crippen molar-refractivity contribution in [1.29, 1.82) is 0 Å². The molecule has 0 radical (unpaired) electrons. The highest BCUT2D eigenvalue weighted by molar-refractivity contribution is 7.14. The lowest BCUT2D eigenvalue weighted by Crippen LogP contribution is -2.41. The summed E-state index contributed by atoms with van der Waals surface area (Å²) in [6.45, 7) is 1.35. The monoisotopic (exact) mass is 437 g/mol. The van der Waals surface area contributed by atoms with Gasteiger partial charge in [-0.3, -0.25) is 25.2 Å². The van der Waals surface area contributed by atoms with Crippen molar-refractivity contribution in [3.8, 4) is 10.6 Å². The van der Waals surface area contributed by atoms with Crippen molar-refractivity contribution in [2.45, 2.75) is 6.92 Å². The summed E-state index contributed by atoms with van der Waals surface area (Å²) in [5.41, 5.74) is 6.62. The van der Waals surface area contributed by atoms with Gasteiger partial charge in [-0.2, -0.15) is 0 Å². The zero-order chi connectivity index (χ0) is 21.1. The smallest absolute Gasteiger partial charge is 0.289 e. The Kier molecular flexibility index (Phi) is 5.50. The van der Waals surface area contributed by atoms with Gasteiger partial charge in [0.05, 0.1) is 21.7 Å². The van der Waals surface area contributed by atoms with E-state index in [1.807, 2.05) is 35.7 Å². The van der Waals surface area contributed by atoms with Crippen LogP contribution in [0.4, 0.5) is 5.13 Å². The van der Waals surface area contributed by atoms with Crippen molar-refractivity contribution < 1.29 is 14.4 Å². The van der Waals surface area contributed by atoms with Crippen molar-refractivity contribution >= 4 is 56.4 Å². The summed E-state index contributed by atoms with van der Waals surface area (Å²) in [5.74, 6) is -1.35. The number of hydrazine groups is 1. The van der Waals surface area contributed by atoms with E-state index in [0.717, 1.165) is 16.2 Å². The number of anilines is 1. The van der Waals surface area contributed by atoms with Crippen LogP contribution in [0.15, 0.2) is 53.2 Å². The van der Waals surface area contributed by atoms with Gasteiger partial charge in [0.25, 0.3) is 11.8 Å². The van der Waals surface area contributed by atoms with Crippen LogP contribution in [0.5, 0.6) is 0 Å². The number of rotatable bonds is 4. The zero-order valence-electron chi connectivity index (χ0n) is 15.6. The summed E-state index contributed by atoms with van der Waals surface area (Å²) in [4.78, 5) is 45.8. The van der Waals surface area contributed by atoms with E-state index in [0.29, 0.717) is 27.3 Å². The largest absolute Gasteiger partial charge is 0.302 e. The SMILES string of the molecule is CC(=O)Nc1nc(C(=O)NNC(=O)c2cc(-c3cccs3)nc3ccccc23)cs1. The summed E-state index contributed by atoms with van der Waals surface area (Å²) in [6.07, 6.45) is 0. The number of hydrogen-bond donors (Lipinski definition) is 3. The topological polar surface area (TPSA) is 113 Å². The predicted molar refractivity (Wildman–Crippen MR) is 116 cm³/mol. The van der Waals surface area contributed by atoms with Gasteiger partial charge >= 0.3 is 0 Å². The molecule has 3 N–H and O–H groups in total. The second-order valence-electron chi connectivity index (χ2n) is 6.18. The van der Waals surface area contributed by atoms with Gasteiger partial charge < -0.3 is 5.32 Å². The minimum absolute atomic E-state index is 0.0860. The molecule has 3 heterocycles. The molecule has 0 fully saturated rings. The van der Waals surface area contributed by atoms with Crippen LogP contribution < -0.4 is 16.2 Å². The Morgan fingerprint density at radius 2 is 1.73 bits per heavy atom. The van der Waals surface area contributed by atoms with E-state index in [4.69, 9.17) is 0 Å². The summed E-state index contributed by atoms with van der Waals surface area (Å²) in [7, 11) is 0. The summed E-state index contributed by atoms with van der Waals surface area (Å²) < 4.78 is 0. The van der Waals surface area contributed by atoms with Crippen LogP contribution in [0.3, 0.4) is 0 Å². The Morgan fingerprint density at radius 1 is 0.933 bits per heavy atom. The first-order valence-electron chi connectivity index (χ1n) is 8.79. The third kappa shape index (κ3) is 4.19. The maximum Gasteiger partial charge on any atom is 0.289 e. The number of thiazole rings is 1. The van der Waals surface area contributed by atoms with Gasteiger partial charge in [0, 0.05) is 17.7 Å². The Hall–Kier alpha value is -3.63. The van der Waals surface area contributed by atoms with Gasteiger partial charge in [0.1, 0.15) is 5.69 Å². The standard InChI is InChI=1S/C20H15N5O3S2/c1-11(26)21-20-23-16(10-30-20)19(28)25-24-18(27)13-9-15(17-7-4-8-29-17)22-14-6-3-2-5-12(13)14/h2-10H,1H3,(H,24,27)(H,25,28)(H,21,23,26). The van der Waals surface area contributed by atoms with Crippen LogP contribution in [0.25, 0.3) is 21.5 Å². The van der Waals surface area contributed by atoms with Crippen LogP contribution in [0, 0.1) is 0 Å². The van der Waals surface area contributed by atoms with Crippen molar-refractivity contribution in [1.82, 2.24) is 20.8 Å². The molecule has 0 atom stereocenters. The third-order valence-corrected chi connectivity index (χ3v) is 5.69. The predicted octanol–water partition coefficient (Wildman–Crippen LogP) is 3.45. The second-order valence-corrected chi connectivity index (χ2v) is 7.98. The van der Waals surface area contributed by atoms with Crippen LogP contribution in [-0.2, 0) is 4.79 Å². The molecule has 0 saturated heterocycles. The molecular formula is C20H15N5O3S2. The lowest BCUT2D eigenvalue weighted by atomic mass is 10.1. The molecule has 30 heavy (non-hydrogen) atoms. The number of hydrogen-bond acceptors (Lipinski definition) is 7. The van der Waals surface area contributed by atoms with Gasteiger partial charge in [-0.05, 0) is 23.6 Å². The number of carbonyl (C=O) groups excluding carboxylic acids is 3. The summed E-state index contributed by atoms with van der Waals surface area (Å²) >= 11 is 2.64. The fraction of sp³-hybridized carbons (Fsp3) is 0.0500. The maximum absolute atomic E-state index is 12.8. The van der Waals surface area contributed by atoms with E-state index in [-0.39, 0.29) is 11.6 Å². The lowest BCUT2D eigenvalue weighted by molar-refractivity contribution is -0.114. The highest BCUT2D eigenvalue weighted by Crippen LogP contribution is 2.27. The molecule has 0 aliphatic rings. The molecule has 0 aliphatic heterocycles. The molecule has 0 unspecified atom stereocenters. The van der Waals surface area contributed by atoms with Crippen molar-refractivity contribution in [3.63, 3.8) is 0 Å². The Balaban J connectivity index is 1.55. The minimum Gasteiger partial charge on any atom is -0.302 e. The normalized spacial score (nSPS) is 10.6. The molecule has 3 amide bonds. The zero-order valence-corrected chi connectivity index (χ0v) is 17.3. The minimum atomic E-state index is -0.590. The number of thiophene rings is 1. The number of aromatic nitrogens is 2. The molecule has 1 aromatic carbocycles. The van der Waals surface area contributed by atoms with E-state index in [1.54, 1.807) is 12.1 Å². The van der Waals surface area contributed by atoms with Crippen LogP contribution >= 0.6 is 22.7 Å². The van der Waals surface area contributed by atoms with Crippen LogP contribution in [0.2, 0.25) is 0 Å². The molecule has 0 spiro atoms. The van der Waals surface area contributed by atoms with E-state index < -0.39 is 11.8 Å². The number of pyridine rings is 1. The number of nitrogens with zero attached hydrogens (tertiary/aromatic N) is 2. The van der Waals surface area contributed by atoms with E-state index in [1.165, 1.54) is 23.6 Å². The number of para-hydroxylation sites is 1. The van der Waals surface area contributed by atoms with Crippen LogP contribution in [-0.4, -0.2) is 27.7 Å². The lowest BCUT2D eigenvalue weighted by Gasteiger charge is -2.10. The average molecular weight is 438 g/mol. The van der Waals surface area contributed by atoms with Gasteiger partial charge in [-0.15, -0.1) is 22.7 Å². The summed E-state index contributed by atoms with van der Waals surface area (Å²) in [6, 6.07) is 12.9. The van der Waals surface area contributed by atoms with Gasteiger partial charge in [0.15, 0.2) is 5.13 Å². The molecule has 4 rings (SSSR count). The Bertz CT molecular complexity index is 1250. The quantitative estimate of drug-likeness (QED) is 0.423. The van der Waals surface area contributed by atoms with Crippen molar-refractivity contribution in [3.05, 3.63) is 64.5 Å². The number of amides is 3. The molecule has 10 heteroatoms. The molecule has 8 nitrogen and oxygen atoms in total. The van der Waals surface area contributed by atoms with Gasteiger partial charge in [0.2, 0.25) is 5.91 Å². The fourth-order valence-corrected chi connectivity index (χ4v) is 4.17. The van der Waals surface area contributed by atoms with Gasteiger partial charge in [-0.1, -0.05) is 24.3 Å². The molecule has 0 saturated carbocycles. The average Bonchev–Trinajstić information content (AvgIpc) is 3.43. The summed E-state index contributed by atoms with van der Waals surface area (Å²) in [5, 5.41) is 6.91. The molecule has 0 aliphatic carbocycles. The van der Waals surface area contributed by atoms with Crippen molar-refractivity contribution in [2.75, 3.05) is 5.32 Å². The highest BCUT2D eigenvalue weighted by atomic mass is 32.1. The molecule has 4 aromatic rings. The number of benzene rings is 1. The number of carbonyl (C=O) groups is 3. The van der Waals surface area contributed by atoms with E-state index in [2.05, 4.69) is 26.1 Å². The first-order valence-corrected chi connectivity index (χ1v) is 10.5. The molecule has 150 valence electrons. The van der Waals surface area contributed by atoms with Crippen LogP contribution in [0.1, 0.15) is 27.8 Å². The fourth-order valence-electron chi connectivity index (χ4n) is 2.74. The molecular weight excluding hydrogens is 422 g/mol. The van der Waals surface area contributed by atoms with Gasteiger partial charge in [-0.25, -0.2) is 9.97 Å². The molecule has 0 bridgehead atoms. The third-order valence-electron chi connectivity index (χ3n) is 4.04. The van der Waals surface area contributed by atoms with E-state index in [9.17, 15) is 14.4 Å². The second kappa shape index (κ2) is 8.39. The Morgan fingerprint density at radius 3 is 2.50 bits per heavy atom. The number of fused-ring (bicyclic) bond motifs is 1. The molecule has 3 aromatic heterocycles. The first kappa shape index (κ1) is 19.7. The first-order chi connectivity index (χ1) is 14.5. The number of nitrogens with one attached hydrogen (secondary N) is 3. The highest BCUT2D eigenvalue weighted by Gasteiger charge is 2.17. The van der Waals surface area contributed by atoms with Crippen molar-refractivity contribution in [2.24, 2.45) is 0 Å². The van der Waals surface area contributed by atoms with E-state index >= 15 is 0 Å².